The molecule has 0 radical (unpaired) electrons. The Hall–Kier alpha value is -2.35. The monoisotopic (exact) mass is 245 g/mol. The van der Waals surface area contributed by atoms with Gasteiger partial charge in [-0.3, -0.25) is 4.84 Å². The molecule has 1 rings (SSSR count). The molecule has 0 spiro atoms. The minimum Gasteiger partial charge on any atom is -0.444 e. The molecular formula is C13H15N3O2. The van der Waals surface area contributed by atoms with E-state index in [9.17, 15) is 0 Å². The maximum atomic E-state index is 8.95. The van der Waals surface area contributed by atoms with Crippen LogP contribution in [0.25, 0.3) is 0 Å². The van der Waals surface area contributed by atoms with Gasteiger partial charge < -0.3 is 4.74 Å². The normalized spacial score (nSPS) is 11.6. The molecule has 94 valence electrons. The third kappa shape index (κ3) is 4.66. The summed E-state index contributed by atoms with van der Waals surface area (Å²) >= 11 is 0. The lowest BCUT2D eigenvalue weighted by atomic mass is 10.1. The average Bonchev–Trinajstić information content (AvgIpc) is 2.29. The van der Waals surface area contributed by atoms with Gasteiger partial charge in [0.25, 0.3) is 0 Å². The van der Waals surface area contributed by atoms with Crippen molar-refractivity contribution in [2.45, 2.75) is 26.4 Å². The molecule has 0 aromatic heterocycles. The molecule has 0 aliphatic rings. The molecule has 0 unspecified atom stereocenters. The summed E-state index contributed by atoms with van der Waals surface area (Å²) in [5.41, 5.74) is 0.188. The topological polar surface area (TPSA) is 78.5 Å². The molecule has 0 saturated heterocycles. The van der Waals surface area contributed by atoms with Gasteiger partial charge in [0, 0.05) is 5.56 Å². The van der Waals surface area contributed by atoms with Gasteiger partial charge in [0.15, 0.2) is 5.71 Å². The first kappa shape index (κ1) is 13.7. The Labute approximate surface area is 106 Å². The van der Waals surface area contributed by atoms with Crippen LogP contribution in [0.1, 0.15) is 26.3 Å². The SMILES string of the molecule is CC(C)(C)OC(=N)O/N=C(/C#N)c1ccccc1. The highest BCUT2D eigenvalue weighted by atomic mass is 16.8. The molecule has 0 atom stereocenters. The second kappa shape index (κ2) is 5.82. The van der Waals surface area contributed by atoms with Gasteiger partial charge in [-0.15, -0.1) is 0 Å². The van der Waals surface area contributed by atoms with Crippen molar-refractivity contribution in [3.8, 4) is 6.07 Å². The van der Waals surface area contributed by atoms with Gasteiger partial charge in [-0.1, -0.05) is 35.5 Å². The van der Waals surface area contributed by atoms with Crippen LogP contribution in [0.5, 0.6) is 0 Å². The van der Waals surface area contributed by atoms with Crippen molar-refractivity contribution in [1.82, 2.24) is 0 Å². The van der Waals surface area contributed by atoms with Crippen LogP contribution in [0.15, 0.2) is 35.5 Å². The summed E-state index contributed by atoms with van der Waals surface area (Å²) in [7, 11) is 0. The van der Waals surface area contributed by atoms with E-state index in [2.05, 4.69) is 5.16 Å². The van der Waals surface area contributed by atoms with Crippen molar-refractivity contribution < 1.29 is 9.57 Å². The van der Waals surface area contributed by atoms with Gasteiger partial charge in [0.05, 0.1) is 0 Å². The molecule has 18 heavy (non-hydrogen) atoms. The smallest absolute Gasteiger partial charge is 0.408 e. The number of oxime groups is 1. The van der Waals surface area contributed by atoms with E-state index in [1.807, 2.05) is 12.1 Å². The number of benzene rings is 1. The Kier molecular flexibility index (Phi) is 4.44. The fourth-order valence-corrected chi connectivity index (χ4v) is 1.12. The fourth-order valence-electron chi connectivity index (χ4n) is 1.12. The zero-order valence-corrected chi connectivity index (χ0v) is 10.6. The predicted octanol–water partition coefficient (Wildman–Crippen LogP) is 2.68. The van der Waals surface area contributed by atoms with E-state index >= 15 is 0 Å². The highest BCUT2D eigenvalue weighted by molar-refractivity contribution is 6.11. The zero-order valence-electron chi connectivity index (χ0n) is 10.6. The number of ether oxygens (including phenoxy) is 1. The molecule has 0 amide bonds. The van der Waals surface area contributed by atoms with Crippen LogP contribution in [0.2, 0.25) is 0 Å². The van der Waals surface area contributed by atoms with E-state index in [4.69, 9.17) is 20.2 Å². The van der Waals surface area contributed by atoms with Crippen molar-refractivity contribution in [2.75, 3.05) is 0 Å². The average molecular weight is 245 g/mol. The zero-order chi connectivity index (χ0) is 13.6. The van der Waals surface area contributed by atoms with Crippen LogP contribution in [0.4, 0.5) is 0 Å². The molecule has 0 bridgehead atoms. The lowest BCUT2D eigenvalue weighted by Gasteiger charge is -2.18. The van der Waals surface area contributed by atoms with E-state index in [0.717, 1.165) is 0 Å². The molecule has 1 aromatic carbocycles. The van der Waals surface area contributed by atoms with Gasteiger partial charge in [0.2, 0.25) is 0 Å². The first-order valence-electron chi connectivity index (χ1n) is 5.40. The van der Waals surface area contributed by atoms with Gasteiger partial charge in [-0.25, -0.2) is 5.41 Å². The molecule has 1 aromatic rings. The summed E-state index contributed by atoms with van der Waals surface area (Å²) in [6.07, 6.45) is -0.439. The number of nitrogens with one attached hydrogen (secondary N) is 1. The molecular weight excluding hydrogens is 230 g/mol. The summed E-state index contributed by atoms with van der Waals surface area (Å²) in [6.45, 7) is 5.37. The van der Waals surface area contributed by atoms with Crippen LogP contribution in [-0.2, 0) is 9.57 Å². The quantitative estimate of drug-likeness (QED) is 0.494. The van der Waals surface area contributed by atoms with Crippen molar-refractivity contribution >= 4 is 11.8 Å². The lowest BCUT2D eigenvalue weighted by Crippen LogP contribution is -2.24. The second-order valence-corrected chi connectivity index (χ2v) is 4.51. The maximum Gasteiger partial charge on any atom is 0.408 e. The van der Waals surface area contributed by atoms with Crippen molar-refractivity contribution in [1.29, 1.82) is 10.7 Å². The molecule has 5 nitrogen and oxygen atoms in total. The number of nitrogens with zero attached hydrogens (tertiary/aromatic N) is 2. The fraction of sp³-hybridized carbons (Fsp3) is 0.308. The summed E-state index contributed by atoms with van der Waals surface area (Å²) in [5.74, 6) is 0. The molecule has 5 heteroatoms. The van der Waals surface area contributed by atoms with Gasteiger partial charge in [-0.05, 0) is 20.8 Å². The Morgan fingerprint density at radius 1 is 1.28 bits per heavy atom. The van der Waals surface area contributed by atoms with E-state index in [1.165, 1.54) is 0 Å². The second-order valence-electron chi connectivity index (χ2n) is 4.51. The Morgan fingerprint density at radius 2 is 1.89 bits per heavy atom. The largest absolute Gasteiger partial charge is 0.444 e. The Bertz CT molecular complexity index is 481. The van der Waals surface area contributed by atoms with Crippen molar-refractivity contribution in [2.24, 2.45) is 5.16 Å². The summed E-state index contributed by atoms with van der Waals surface area (Å²) in [4.78, 5) is 4.75. The molecule has 0 aliphatic heterocycles. The Morgan fingerprint density at radius 3 is 2.39 bits per heavy atom. The highest BCUT2D eigenvalue weighted by Gasteiger charge is 2.15. The summed E-state index contributed by atoms with van der Waals surface area (Å²) in [6, 6.07) is 10.8. The van der Waals surface area contributed by atoms with E-state index in [1.54, 1.807) is 45.0 Å². The van der Waals surface area contributed by atoms with Crippen LogP contribution < -0.4 is 0 Å². The number of rotatable bonds is 2. The standard InChI is InChI=1S/C13H15N3O2/c1-13(2,3)17-12(15)18-16-11(9-14)10-7-5-4-6-8-10/h4-8,15H,1-3H3/b15-12?,16-11-. The number of hydrogen-bond donors (Lipinski definition) is 1. The first-order valence-corrected chi connectivity index (χ1v) is 5.40. The molecule has 0 aliphatic carbocycles. The number of nitriles is 1. The first-order chi connectivity index (χ1) is 8.42. The van der Waals surface area contributed by atoms with Crippen molar-refractivity contribution in [3.63, 3.8) is 0 Å². The van der Waals surface area contributed by atoms with Crippen LogP contribution >= 0.6 is 0 Å². The van der Waals surface area contributed by atoms with E-state index in [-0.39, 0.29) is 5.71 Å². The molecule has 0 heterocycles. The van der Waals surface area contributed by atoms with Gasteiger partial charge in [-0.2, -0.15) is 5.26 Å². The van der Waals surface area contributed by atoms with Crippen LogP contribution in [0.3, 0.4) is 0 Å². The van der Waals surface area contributed by atoms with E-state index < -0.39 is 11.7 Å². The predicted molar refractivity (Wildman–Crippen MR) is 68.2 cm³/mol. The van der Waals surface area contributed by atoms with Crippen LogP contribution in [0, 0.1) is 16.7 Å². The maximum absolute atomic E-state index is 8.95. The number of hydrogen-bond acceptors (Lipinski definition) is 5. The summed E-state index contributed by atoms with van der Waals surface area (Å²) < 4.78 is 5.11. The van der Waals surface area contributed by atoms with Crippen molar-refractivity contribution in [3.05, 3.63) is 35.9 Å². The Balaban J connectivity index is 2.71. The molecule has 0 fully saturated rings. The van der Waals surface area contributed by atoms with Gasteiger partial charge >= 0.3 is 6.08 Å². The molecule has 1 N–H and O–H groups in total. The molecule has 0 saturated carbocycles. The summed E-state index contributed by atoms with van der Waals surface area (Å²) in [5, 5.41) is 20.0. The minimum atomic E-state index is -0.536. The van der Waals surface area contributed by atoms with E-state index in [0.29, 0.717) is 5.56 Å². The van der Waals surface area contributed by atoms with Crippen LogP contribution in [-0.4, -0.2) is 17.4 Å². The minimum absolute atomic E-state index is 0.0952. The van der Waals surface area contributed by atoms with Gasteiger partial charge in [0.1, 0.15) is 11.7 Å². The lowest BCUT2D eigenvalue weighted by molar-refractivity contribution is 0.0575. The third-order valence-electron chi connectivity index (χ3n) is 1.77. The highest BCUT2D eigenvalue weighted by Crippen LogP contribution is 2.08. The third-order valence-corrected chi connectivity index (χ3v) is 1.77.